The SMILES string of the molecule is CC(C)c1ccccc1N1C(=O)CSC1=NC(=O)Nc1ccc(-c2ncn(CCCC(F)(F)F)n2)cc1. The minimum absolute atomic E-state index is 0.0792. The quantitative estimate of drug-likeness (QED) is 0.400. The minimum Gasteiger partial charge on any atom is -0.306 e. The topological polar surface area (TPSA) is 92.5 Å². The Balaban J connectivity index is 1.41. The van der Waals surface area contributed by atoms with Crippen molar-refractivity contribution in [1.82, 2.24) is 14.8 Å². The molecule has 37 heavy (non-hydrogen) atoms. The molecule has 0 atom stereocenters. The zero-order valence-electron chi connectivity index (χ0n) is 20.2. The molecule has 3 amide bonds. The highest BCUT2D eigenvalue weighted by atomic mass is 32.2. The number of nitrogens with one attached hydrogen (secondary N) is 1. The molecule has 8 nitrogen and oxygen atoms in total. The lowest BCUT2D eigenvalue weighted by Gasteiger charge is -2.21. The fourth-order valence-corrected chi connectivity index (χ4v) is 4.64. The second-order valence-corrected chi connectivity index (χ2v) is 9.63. The van der Waals surface area contributed by atoms with Crippen LogP contribution in [0.2, 0.25) is 0 Å². The fraction of sp³-hybridized carbons (Fsp3) is 0.320. The summed E-state index contributed by atoms with van der Waals surface area (Å²) in [4.78, 5) is 35.0. The summed E-state index contributed by atoms with van der Waals surface area (Å²) in [5.41, 5.74) is 2.82. The molecule has 1 aliphatic rings. The van der Waals surface area contributed by atoms with Crippen molar-refractivity contribution in [2.45, 2.75) is 45.3 Å². The van der Waals surface area contributed by atoms with Crippen LogP contribution in [0.15, 0.2) is 59.9 Å². The maximum absolute atomic E-state index is 12.6. The molecular formula is C25H25F3N6O2S. The van der Waals surface area contributed by atoms with E-state index in [1.54, 1.807) is 24.3 Å². The lowest BCUT2D eigenvalue weighted by Crippen LogP contribution is -2.31. The number of anilines is 2. The molecule has 0 aliphatic carbocycles. The van der Waals surface area contributed by atoms with Gasteiger partial charge in [0.15, 0.2) is 11.0 Å². The van der Waals surface area contributed by atoms with Gasteiger partial charge in [0, 0.05) is 24.2 Å². The summed E-state index contributed by atoms with van der Waals surface area (Å²) in [7, 11) is 0. The average molecular weight is 531 g/mol. The van der Waals surface area contributed by atoms with Gasteiger partial charge in [-0.1, -0.05) is 43.8 Å². The van der Waals surface area contributed by atoms with Gasteiger partial charge in [0.05, 0.1) is 11.4 Å². The van der Waals surface area contributed by atoms with Gasteiger partial charge in [0.2, 0.25) is 5.91 Å². The van der Waals surface area contributed by atoms with Crippen molar-refractivity contribution >= 4 is 40.2 Å². The number of para-hydroxylation sites is 1. The van der Waals surface area contributed by atoms with Gasteiger partial charge in [-0.05, 0) is 48.2 Å². The number of rotatable bonds is 7. The van der Waals surface area contributed by atoms with Gasteiger partial charge in [0.1, 0.15) is 6.33 Å². The summed E-state index contributed by atoms with van der Waals surface area (Å²) in [5.74, 6) is 0.608. The van der Waals surface area contributed by atoms with Crippen molar-refractivity contribution in [3.8, 4) is 11.4 Å². The Morgan fingerprint density at radius 1 is 1.16 bits per heavy atom. The molecule has 1 fully saturated rings. The van der Waals surface area contributed by atoms with E-state index in [1.165, 1.54) is 27.7 Å². The molecule has 0 radical (unpaired) electrons. The van der Waals surface area contributed by atoms with Crippen molar-refractivity contribution in [2.75, 3.05) is 16.0 Å². The molecule has 0 bridgehead atoms. The van der Waals surface area contributed by atoms with Gasteiger partial charge < -0.3 is 5.32 Å². The number of nitrogens with zero attached hydrogens (tertiary/aromatic N) is 5. The van der Waals surface area contributed by atoms with Gasteiger partial charge in [-0.25, -0.2) is 9.78 Å². The molecule has 3 aromatic rings. The molecule has 1 aromatic heterocycles. The van der Waals surface area contributed by atoms with E-state index in [4.69, 9.17) is 0 Å². The Labute approximate surface area is 216 Å². The van der Waals surface area contributed by atoms with Crippen LogP contribution in [0.3, 0.4) is 0 Å². The molecule has 2 aromatic carbocycles. The van der Waals surface area contributed by atoms with Gasteiger partial charge in [-0.3, -0.25) is 14.4 Å². The molecule has 0 unspecified atom stereocenters. The van der Waals surface area contributed by atoms with Gasteiger partial charge >= 0.3 is 12.2 Å². The number of hydrogen-bond acceptors (Lipinski definition) is 5. The Morgan fingerprint density at radius 3 is 2.59 bits per heavy atom. The second-order valence-electron chi connectivity index (χ2n) is 8.68. The van der Waals surface area contributed by atoms with E-state index in [0.29, 0.717) is 27.9 Å². The summed E-state index contributed by atoms with van der Waals surface area (Å²) in [5, 5.41) is 7.21. The van der Waals surface area contributed by atoms with E-state index < -0.39 is 18.6 Å². The van der Waals surface area contributed by atoms with E-state index in [1.807, 2.05) is 38.1 Å². The molecule has 1 aliphatic heterocycles. The third kappa shape index (κ3) is 6.76. The molecule has 4 rings (SSSR count). The lowest BCUT2D eigenvalue weighted by atomic mass is 10.0. The number of aryl methyl sites for hydroxylation is 1. The van der Waals surface area contributed by atoms with Crippen LogP contribution in [0.25, 0.3) is 11.4 Å². The Morgan fingerprint density at radius 2 is 1.89 bits per heavy atom. The van der Waals surface area contributed by atoms with Crippen molar-refractivity contribution in [3.63, 3.8) is 0 Å². The lowest BCUT2D eigenvalue weighted by molar-refractivity contribution is -0.136. The van der Waals surface area contributed by atoms with Crippen molar-refractivity contribution in [1.29, 1.82) is 0 Å². The van der Waals surface area contributed by atoms with Crippen LogP contribution in [-0.4, -0.2) is 43.8 Å². The van der Waals surface area contributed by atoms with E-state index in [9.17, 15) is 22.8 Å². The number of hydrogen-bond donors (Lipinski definition) is 1. The number of carbonyl (C=O) groups is 2. The number of aromatic nitrogens is 3. The number of urea groups is 1. The summed E-state index contributed by atoms with van der Waals surface area (Å²) in [6, 6.07) is 13.6. The number of carbonyl (C=O) groups excluding carboxylic acids is 2. The number of thioether (sulfide) groups is 1. The van der Waals surface area contributed by atoms with E-state index in [-0.39, 0.29) is 30.5 Å². The van der Waals surface area contributed by atoms with Crippen LogP contribution in [0.5, 0.6) is 0 Å². The highest BCUT2D eigenvalue weighted by Crippen LogP contribution is 2.33. The Kier molecular flexibility index (Phi) is 7.96. The third-order valence-electron chi connectivity index (χ3n) is 5.54. The number of amidine groups is 1. The first-order valence-electron chi connectivity index (χ1n) is 11.6. The normalized spacial score (nSPS) is 15.1. The molecule has 12 heteroatoms. The van der Waals surface area contributed by atoms with Crippen molar-refractivity contribution < 1.29 is 22.8 Å². The maximum atomic E-state index is 12.6. The first-order valence-corrected chi connectivity index (χ1v) is 12.6. The van der Waals surface area contributed by atoms with Gasteiger partial charge in [0.25, 0.3) is 0 Å². The standard InChI is InChI=1S/C25H25F3N6O2S/c1-16(2)19-6-3-4-7-20(19)34-21(35)14-37-24(34)31-23(36)30-18-10-8-17(9-11-18)22-29-15-33(32-22)13-5-12-25(26,27)28/h3-4,6-11,15-16H,5,12-14H2,1-2H3,(H,30,36). The summed E-state index contributed by atoms with van der Waals surface area (Å²) in [6.07, 6.45) is -3.77. The smallest absolute Gasteiger partial charge is 0.306 e. The van der Waals surface area contributed by atoms with E-state index in [0.717, 1.165) is 5.56 Å². The van der Waals surface area contributed by atoms with Crippen LogP contribution >= 0.6 is 11.8 Å². The van der Waals surface area contributed by atoms with Crippen molar-refractivity contribution in [2.24, 2.45) is 4.99 Å². The minimum atomic E-state index is -4.20. The third-order valence-corrected chi connectivity index (χ3v) is 6.46. The predicted molar refractivity (Wildman–Crippen MR) is 138 cm³/mol. The number of alkyl halides is 3. The van der Waals surface area contributed by atoms with Gasteiger partial charge in [-0.15, -0.1) is 0 Å². The largest absolute Gasteiger partial charge is 0.389 e. The summed E-state index contributed by atoms with van der Waals surface area (Å²) in [6.45, 7) is 4.18. The van der Waals surface area contributed by atoms with Crippen LogP contribution in [0.1, 0.15) is 38.2 Å². The van der Waals surface area contributed by atoms with Crippen LogP contribution in [0.4, 0.5) is 29.3 Å². The highest BCUT2D eigenvalue weighted by Gasteiger charge is 2.32. The zero-order chi connectivity index (χ0) is 26.6. The molecular weight excluding hydrogens is 505 g/mol. The average Bonchev–Trinajstić information content (AvgIpc) is 3.45. The molecule has 1 N–H and O–H groups in total. The molecule has 194 valence electrons. The van der Waals surface area contributed by atoms with Crippen LogP contribution in [-0.2, 0) is 11.3 Å². The number of amides is 3. The Hall–Kier alpha value is -3.67. The molecule has 2 heterocycles. The number of halogens is 3. The van der Waals surface area contributed by atoms with Gasteiger partial charge in [-0.2, -0.15) is 23.3 Å². The molecule has 1 saturated heterocycles. The first-order chi connectivity index (χ1) is 17.6. The van der Waals surface area contributed by atoms with Crippen LogP contribution in [0, 0.1) is 0 Å². The van der Waals surface area contributed by atoms with E-state index >= 15 is 0 Å². The molecule has 0 saturated carbocycles. The first kappa shape index (κ1) is 26.4. The summed E-state index contributed by atoms with van der Waals surface area (Å²) < 4.78 is 38.4. The molecule has 0 spiro atoms. The zero-order valence-corrected chi connectivity index (χ0v) is 21.0. The maximum Gasteiger partial charge on any atom is 0.389 e. The monoisotopic (exact) mass is 530 g/mol. The Bertz CT molecular complexity index is 1300. The fourth-order valence-electron chi connectivity index (χ4n) is 3.78. The van der Waals surface area contributed by atoms with E-state index in [2.05, 4.69) is 20.4 Å². The van der Waals surface area contributed by atoms with Crippen LogP contribution < -0.4 is 10.2 Å². The highest BCUT2D eigenvalue weighted by molar-refractivity contribution is 8.15. The van der Waals surface area contributed by atoms with Crippen molar-refractivity contribution in [3.05, 3.63) is 60.4 Å². The number of benzene rings is 2. The predicted octanol–water partition coefficient (Wildman–Crippen LogP) is 6.08. The number of aliphatic imine (C=N–C) groups is 1. The second kappa shape index (κ2) is 11.2. The summed E-state index contributed by atoms with van der Waals surface area (Å²) >= 11 is 1.21.